The third kappa shape index (κ3) is 1.91. The zero-order valence-corrected chi connectivity index (χ0v) is 7.80. The first kappa shape index (κ1) is 10.7. The lowest BCUT2D eigenvalue weighted by Gasteiger charge is -2.23. The van der Waals surface area contributed by atoms with E-state index in [1.807, 2.05) is 0 Å². The van der Waals surface area contributed by atoms with E-state index in [0.717, 1.165) is 0 Å². The molecule has 1 unspecified atom stereocenters. The van der Waals surface area contributed by atoms with Crippen molar-refractivity contribution >= 4 is 0 Å². The van der Waals surface area contributed by atoms with Crippen molar-refractivity contribution in [3.63, 3.8) is 0 Å². The van der Waals surface area contributed by atoms with Gasteiger partial charge in [0.15, 0.2) is 0 Å². The van der Waals surface area contributed by atoms with Gasteiger partial charge in [0.25, 0.3) is 6.43 Å². The minimum atomic E-state index is -2.60. The van der Waals surface area contributed by atoms with Crippen LogP contribution in [0.25, 0.3) is 0 Å². The van der Waals surface area contributed by atoms with Crippen LogP contribution < -0.4 is 5.73 Å². The number of hydrogen-bond donors (Lipinski definition) is 1. The Kier molecular flexibility index (Phi) is 2.87. The molecule has 0 saturated heterocycles. The van der Waals surface area contributed by atoms with E-state index in [1.165, 1.54) is 19.1 Å². The van der Waals surface area contributed by atoms with E-state index < -0.39 is 12.0 Å². The van der Waals surface area contributed by atoms with Crippen LogP contribution in [0.2, 0.25) is 0 Å². The molecular weight excluding hydrogens is 184 g/mol. The van der Waals surface area contributed by atoms with Gasteiger partial charge in [0.2, 0.25) is 0 Å². The van der Waals surface area contributed by atoms with Crippen LogP contribution in [-0.4, -0.2) is 6.43 Å². The molecule has 0 amide bonds. The van der Waals surface area contributed by atoms with Gasteiger partial charge in [0, 0.05) is 5.56 Å². The largest absolute Gasteiger partial charge is 0.317 e. The molecule has 1 atom stereocenters. The second-order valence-electron chi connectivity index (χ2n) is 3.31. The lowest BCUT2D eigenvalue weighted by atomic mass is 9.93. The molecule has 1 aromatic rings. The van der Waals surface area contributed by atoms with Crippen molar-refractivity contribution in [3.8, 4) is 12.3 Å². The van der Waals surface area contributed by atoms with Crippen LogP contribution in [0, 0.1) is 12.3 Å². The lowest BCUT2D eigenvalue weighted by molar-refractivity contribution is 0.0625. The molecule has 0 aliphatic carbocycles. The maximum absolute atomic E-state index is 12.5. The normalized spacial score (nSPS) is 14.9. The molecule has 0 aromatic heterocycles. The van der Waals surface area contributed by atoms with E-state index in [4.69, 9.17) is 12.2 Å². The van der Waals surface area contributed by atoms with Crippen molar-refractivity contribution in [1.29, 1.82) is 0 Å². The second-order valence-corrected chi connectivity index (χ2v) is 3.31. The molecule has 2 N–H and O–H groups in total. The highest BCUT2D eigenvalue weighted by Gasteiger charge is 2.31. The smallest absolute Gasteiger partial charge is 0.260 e. The van der Waals surface area contributed by atoms with Gasteiger partial charge in [-0.3, -0.25) is 0 Å². The molecule has 1 rings (SSSR count). The topological polar surface area (TPSA) is 26.0 Å². The maximum Gasteiger partial charge on any atom is 0.260 e. The van der Waals surface area contributed by atoms with Gasteiger partial charge in [-0.25, -0.2) is 8.78 Å². The Labute approximate surface area is 81.9 Å². The Hall–Kier alpha value is -1.40. The molecule has 0 bridgehead atoms. The van der Waals surface area contributed by atoms with Crippen LogP contribution in [0.1, 0.15) is 18.1 Å². The summed E-state index contributed by atoms with van der Waals surface area (Å²) in [7, 11) is 0. The van der Waals surface area contributed by atoms with Gasteiger partial charge in [0.1, 0.15) is 0 Å². The summed E-state index contributed by atoms with van der Waals surface area (Å²) < 4.78 is 25.0. The van der Waals surface area contributed by atoms with E-state index in [0.29, 0.717) is 11.1 Å². The fourth-order valence-electron chi connectivity index (χ4n) is 1.05. The first-order valence-electron chi connectivity index (χ1n) is 4.12. The summed E-state index contributed by atoms with van der Waals surface area (Å²) >= 11 is 0. The van der Waals surface area contributed by atoms with Crippen molar-refractivity contribution in [2.45, 2.75) is 18.9 Å². The van der Waals surface area contributed by atoms with Gasteiger partial charge < -0.3 is 5.73 Å². The highest BCUT2D eigenvalue weighted by atomic mass is 19.3. The van der Waals surface area contributed by atoms with Crippen LogP contribution in [0.15, 0.2) is 24.3 Å². The predicted molar refractivity (Wildman–Crippen MR) is 51.9 cm³/mol. The summed E-state index contributed by atoms with van der Waals surface area (Å²) in [6.45, 7) is 1.29. The first-order chi connectivity index (χ1) is 6.48. The fraction of sp³-hybridized carbons (Fsp3) is 0.273. The molecule has 1 nitrogen and oxygen atoms in total. The molecule has 74 valence electrons. The summed E-state index contributed by atoms with van der Waals surface area (Å²) in [5, 5.41) is 0. The molecule has 0 fully saturated rings. The van der Waals surface area contributed by atoms with Crippen molar-refractivity contribution in [1.82, 2.24) is 0 Å². The Morgan fingerprint density at radius 1 is 1.36 bits per heavy atom. The van der Waals surface area contributed by atoms with E-state index in [9.17, 15) is 8.78 Å². The highest BCUT2D eigenvalue weighted by molar-refractivity contribution is 5.36. The number of nitrogens with two attached hydrogens (primary N) is 1. The number of terminal acetylenes is 1. The number of alkyl halides is 2. The molecule has 14 heavy (non-hydrogen) atoms. The standard InChI is InChI=1S/C11H11F2N/c1-3-8-4-6-9(7-5-8)11(2,14)10(12)13/h1,4-7,10H,14H2,2H3. The minimum absolute atomic E-state index is 0.381. The summed E-state index contributed by atoms with van der Waals surface area (Å²) in [6, 6.07) is 6.26. The van der Waals surface area contributed by atoms with E-state index in [2.05, 4.69) is 5.92 Å². The molecule has 0 aliphatic heterocycles. The Bertz CT molecular complexity index is 347. The average Bonchev–Trinajstić information content (AvgIpc) is 2.17. The molecule has 0 radical (unpaired) electrons. The van der Waals surface area contributed by atoms with Crippen molar-refractivity contribution in [3.05, 3.63) is 35.4 Å². The van der Waals surface area contributed by atoms with Gasteiger partial charge in [-0.15, -0.1) is 6.42 Å². The molecule has 3 heteroatoms. The summed E-state index contributed by atoms with van der Waals surface area (Å²) in [6.07, 6.45) is 2.54. The number of benzene rings is 1. The zero-order chi connectivity index (χ0) is 10.8. The van der Waals surface area contributed by atoms with E-state index in [-0.39, 0.29) is 0 Å². The molecule has 0 heterocycles. The van der Waals surface area contributed by atoms with Crippen molar-refractivity contribution in [2.75, 3.05) is 0 Å². The molecule has 0 spiro atoms. The predicted octanol–water partition coefficient (Wildman–Crippen LogP) is 2.11. The van der Waals surface area contributed by atoms with Crippen LogP contribution in [0.4, 0.5) is 8.78 Å². The summed E-state index contributed by atoms with van der Waals surface area (Å²) in [5.41, 5.74) is 4.89. The third-order valence-electron chi connectivity index (χ3n) is 2.13. The molecule has 0 aliphatic rings. The van der Waals surface area contributed by atoms with Gasteiger partial charge in [-0.1, -0.05) is 18.1 Å². The van der Waals surface area contributed by atoms with Gasteiger partial charge >= 0.3 is 0 Å². The first-order valence-corrected chi connectivity index (χ1v) is 4.12. The maximum atomic E-state index is 12.5. The number of halogens is 2. The SMILES string of the molecule is C#Cc1ccc(C(C)(N)C(F)F)cc1. The van der Waals surface area contributed by atoms with Crippen LogP contribution in [0.3, 0.4) is 0 Å². The lowest BCUT2D eigenvalue weighted by Crippen LogP contribution is -2.40. The van der Waals surface area contributed by atoms with Gasteiger partial charge in [-0.2, -0.15) is 0 Å². The minimum Gasteiger partial charge on any atom is -0.317 e. The highest BCUT2D eigenvalue weighted by Crippen LogP contribution is 2.25. The molecule has 0 saturated carbocycles. The van der Waals surface area contributed by atoms with Crippen LogP contribution in [0.5, 0.6) is 0 Å². The second kappa shape index (κ2) is 3.77. The number of hydrogen-bond acceptors (Lipinski definition) is 1. The molecular formula is C11H11F2N. The Morgan fingerprint density at radius 2 is 1.86 bits per heavy atom. The van der Waals surface area contributed by atoms with E-state index >= 15 is 0 Å². The third-order valence-corrected chi connectivity index (χ3v) is 2.13. The number of rotatable bonds is 2. The van der Waals surface area contributed by atoms with Crippen LogP contribution in [-0.2, 0) is 5.54 Å². The summed E-state index contributed by atoms with van der Waals surface area (Å²) in [5.74, 6) is 2.41. The monoisotopic (exact) mass is 195 g/mol. The Balaban J connectivity index is 3.04. The van der Waals surface area contributed by atoms with E-state index in [1.54, 1.807) is 12.1 Å². The van der Waals surface area contributed by atoms with Crippen molar-refractivity contribution < 1.29 is 8.78 Å². The van der Waals surface area contributed by atoms with Gasteiger partial charge in [-0.05, 0) is 24.6 Å². The zero-order valence-electron chi connectivity index (χ0n) is 7.80. The van der Waals surface area contributed by atoms with Crippen LogP contribution >= 0.6 is 0 Å². The Morgan fingerprint density at radius 3 is 2.21 bits per heavy atom. The average molecular weight is 195 g/mol. The quantitative estimate of drug-likeness (QED) is 0.718. The van der Waals surface area contributed by atoms with Crippen molar-refractivity contribution in [2.24, 2.45) is 5.73 Å². The molecule has 1 aromatic carbocycles. The van der Waals surface area contributed by atoms with Gasteiger partial charge in [0.05, 0.1) is 5.54 Å². The summed E-state index contributed by atoms with van der Waals surface area (Å²) in [4.78, 5) is 0. The fourth-order valence-corrected chi connectivity index (χ4v) is 1.05.